The number of halogens is 1. The van der Waals surface area contributed by atoms with Crippen molar-refractivity contribution in [3.8, 4) is 0 Å². The van der Waals surface area contributed by atoms with Gasteiger partial charge >= 0.3 is 0 Å². The maximum Gasteiger partial charge on any atom is 0.152 e. The average molecular weight is 359 g/mol. The van der Waals surface area contributed by atoms with Gasteiger partial charge in [0.2, 0.25) is 0 Å². The fourth-order valence-electron chi connectivity index (χ4n) is 3.16. The Bertz CT molecular complexity index is 582. The van der Waals surface area contributed by atoms with Crippen molar-refractivity contribution in [2.45, 2.75) is 37.8 Å². The van der Waals surface area contributed by atoms with Crippen LogP contribution in [0.2, 0.25) is 0 Å². The molecule has 3 rings (SSSR count). The van der Waals surface area contributed by atoms with E-state index in [0.717, 1.165) is 23.0 Å². The van der Waals surface area contributed by atoms with Crippen LogP contribution in [0.5, 0.6) is 0 Å². The highest BCUT2D eigenvalue weighted by molar-refractivity contribution is 9.10. The highest BCUT2D eigenvalue weighted by atomic mass is 79.9. The third kappa shape index (κ3) is 3.07. The fourth-order valence-corrected chi connectivity index (χ4v) is 5.54. The largest absolute Gasteiger partial charge is 0.310 e. The third-order valence-electron chi connectivity index (χ3n) is 4.39. The van der Waals surface area contributed by atoms with Gasteiger partial charge in [-0.15, -0.1) is 0 Å². The first-order chi connectivity index (χ1) is 9.43. The van der Waals surface area contributed by atoms with E-state index >= 15 is 0 Å². The van der Waals surface area contributed by atoms with Crippen molar-refractivity contribution >= 4 is 25.8 Å². The first-order valence-electron chi connectivity index (χ1n) is 7.01. The minimum atomic E-state index is -2.82. The molecule has 1 saturated heterocycles. The molecule has 0 radical (unpaired) electrons. The van der Waals surface area contributed by atoms with Crippen LogP contribution in [0, 0.1) is 5.92 Å². The predicted octanol–water partition coefficient (Wildman–Crippen LogP) is 2.11. The fraction of sp³-hybridized carbons (Fsp3) is 0.643. The van der Waals surface area contributed by atoms with Crippen LogP contribution in [0.15, 0.2) is 22.8 Å². The molecule has 0 unspecified atom stereocenters. The molecule has 4 nitrogen and oxygen atoms in total. The standard InChI is InChI=1S/C14H19BrN2O2S/c1-9-7-20(18,19)8-14(9)17-12-4-10(5-12)13-3-2-11(15)6-16-13/h2-3,6,9-10,12,14,17H,4-5,7-8H2,1H3/t9-,10?,12?,14+/m1/s1. The summed E-state index contributed by atoms with van der Waals surface area (Å²) in [4.78, 5) is 4.43. The SMILES string of the molecule is C[C@@H]1CS(=O)(=O)C[C@@H]1NC1CC(c2ccc(Br)cn2)C1. The molecule has 1 aliphatic carbocycles. The molecule has 6 heteroatoms. The number of aromatic nitrogens is 1. The molecule has 2 heterocycles. The highest BCUT2D eigenvalue weighted by Gasteiger charge is 2.39. The number of nitrogens with zero attached hydrogens (tertiary/aromatic N) is 1. The van der Waals surface area contributed by atoms with Gasteiger partial charge in [-0.25, -0.2) is 8.42 Å². The topological polar surface area (TPSA) is 59.1 Å². The second kappa shape index (κ2) is 5.39. The van der Waals surface area contributed by atoms with Crippen LogP contribution in [-0.4, -0.2) is 37.0 Å². The van der Waals surface area contributed by atoms with Crippen LogP contribution >= 0.6 is 15.9 Å². The first-order valence-corrected chi connectivity index (χ1v) is 9.62. The monoisotopic (exact) mass is 358 g/mol. The van der Waals surface area contributed by atoms with Crippen molar-refractivity contribution in [3.63, 3.8) is 0 Å². The molecule has 110 valence electrons. The summed E-state index contributed by atoms with van der Waals surface area (Å²) in [5.41, 5.74) is 1.14. The zero-order valence-electron chi connectivity index (χ0n) is 11.4. The highest BCUT2D eigenvalue weighted by Crippen LogP contribution is 2.37. The maximum atomic E-state index is 11.6. The van der Waals surface area contributed by atoms with Gasteiger partial charge in [0.05, 0.1) is 11.5 Å². The zero-order valence-corrected chi connectivity index (χ0v) is 13.8. The van der Waals surface area contributed by atoms with E-state index < -0.39 is 9.84 Å². The minimum absolute atomic E-state index is 0.129. The van der Waals surface area contributed by atoms with Gasteiger partial charge in [0.1, 0.15) is 0 Å². The Morgan fingerprint density at radius 3 is 2.60 bits per heavy atom. The van der Waals surface area contributed by atoms with Crippen LogP contribution < -0.4 is 5.32 Å². The van der Waals surface area contributed by atoms with Crippen LogP contribution in [0.25, 0.3) is 0 Å². The van der Waals surface area contributed by atoms with Crippen LogP contribution in [0.4, 0.5) is 0 Å². The number of sulfone groups is 1. The summed E-state index contributed by atoms with van der Waals surface area (Å²) in [6.07, 6.45) is 3.94. The quantitative estimate of drug-likeness (QED) is 0.898. The van der Waals surface area contributed by atoms with Gasteiger partial charge in [-0.3, -0.25) is 4.98 Å². The molecular weight excluding hydrogens is 340 g/mol. The van der Waals surface area contributed by atoms with E-state index in [1.54, 1.807) is 0 Å². The summed E-state index contributed by atoms with van der Waals surface area (Å²) in [7, 11) is -2.82. The van der Waals surface area contributed by atoms with E-state index in [9.17, 15) is 8.42 Å². The maximum absolute atomic E-state index is 11.6. The molecule has 2 atom stereocenters. The number of nitrogens with one attached hydrogen (secondary N) is 1. The molecule has 2 fully saturated rings. The summed E-state index contributed by atoms with van der Waals surface area (Å²) >= 11 is 3.39. The van der Waals surface area contributed by atoms with Gasteiger partial charge in [0, 0.05) is 34.4 Å². The summed E-state index contributed by atoms with van der Waals surface area (Å²) in [5, 5.41) is 3.52. The Balaban J connectivity index is 1.53. The van der Waals surface area contributed by atoms with Gasteiger partial charge in [0.25, 0.3) is 0 Å². The molecule has 0 aromatic carbocycles. The summed E-state index contributed by atoms with van der Waals surface area (Å²) in [6.45, 7) is 2.02. The second-order valence-corrected chi connectivity index (χ2v) is 9.16. The van der Waals surface area contributed by atoms with E-state index in [-0.39, 0.29) is 12.0 Å². The minimum Gasteiger partial charge on any atom is -0.310 e. The molecule has 1 aliphatic heterocycles. The summed E-state index contributed by atoms with van der Waals surface area (Å²) in [5.74, 6) is 1.36. The van der Waals surface area contributed by atoms with Gasteiger partial charge in [-0.2, -0.15) is 0 Å². The Labute approximate surface area is 128 Å². The summed E-state index contributed by atoms with van der Waals surface area (Å²) in [6, 6.07) is 4.65. The lowest BCUT2D eigenvalue weighted by Gasteiger charge is -2.38. The van der Waals surface area contributed by atoms with E-state index in [1.807, 2.05) is 19.2 Å². The van der Waals surface area contributed by atoms with Crippen molar-refractivity contribution < 1.29 is 8.42 Å². The Kier molecular flexibility index (Phi) is 3.90. The van der Waals surface area contributed by atoms with Gasteiger partial charge < -0.3 is 5.32 Å². The molecular formula is C14H19BrN2O2S. The van der Waals surface area contributed by atoms with Crippen LogP contribution in [0.1, 0.15) is 31.4 Å². The lowest BCUT2D eigenvalue weighted by atomic mass is 9.77. The Hall–Kier alpha value is -0.460. The van der Waals surface area contributed by atoms with Crippen molar-refractivity contribution in [2.24, 2.45) is 5.92 Å². The average Bonchev–Trinajstić information content (AvgIpc) is 2.58. The summed E-state index contributed by atoms with van der Waals surface area (Å²) < 4.78 is 24.2. The van der Waals surface area contributed by atoms with Gasteiger partial charge in [-0.05, 0) is 46.8 Å². The normalized spacial score (nSPS) is 35.7. The Morgan fingerprint density at radius 2 is 2.05 bits per heavy atom. The van der Waals surface area contributed by atoms with Gasteiger partial charge in [0.15, 0.2) is 9.84 Å². The lowest BCUT2D eigenvalue weighted by Crippen LogP contribution is -2.48. The van der Waals surface area contributed by atoms with E-state index in [0.29, 0.717) is 23.5 Å². The van der Waals surface area contributed by atoms with E-state index in [2.05, 4.69) is 32.3 Å². The van der Waals surface area contributed by atoms with Crippen molar-refractivity contribution in [1.82, 2.24) is 10.3 Å². The zero-order chi connectivity index (χ0) is 14.3. The number of hydrogen-bond acceptors (Lipinski definition) is 4. The lowest BCUT2D eigenvalue weighted by molar-refractivity contribution is 0.251. The Morgan fingerprint density at radius 1 is 1.30 bits per heavy atom. The van der Waals surface area contributed by atoms with Crippen LogP contribution in [-0.2, 0) is 9.84 Å². The molecule has 2 aliphatic rings. The second-order valence-electron chi connectivity index (χ2n) is 6.09. The molecule has 0 spiro atoms. The van der Waals surface area contributed by atoms with Gasteiger partial charge in [-0.1, -0.05) is 6.92 Å². The molecule has 0 amide bonds. The van der Waals surface area contributed by atoms with Crippen molar-refractivity contribution in [3.05, 3.63) is 28.5 Å². The molecule has 1 saturated carbocycles. The number of pyridine rings is 1. The molecule has 1 N–H and O–H groups in total. The van der Waals surface area contributed by atoms with E-state index in [1.165, 1.54) is 0 Å². The van der Waals surface area contributed by atoms with Crippen molar-refractivity contribution in [1.29, 1.82) is 0 Å². The van der Waals surface area contributed by atoms with Crippen molar-refractivity contribution in [2.75, 3.05) is 11.5 Å². The van der Waals surface area contributed by atoms with Crippen LogP contribution in [0.3, 0.4) is 0 Å². The smallest absolute Gasteiger partial charge is 0.152 e. The molecule has 20 heavy (non-hydrogen) atoms. The molecule has 1 aromatic heterocycles. The van der Waals surface area contributed by atoms with E-state index in [4.69, 9.17) is 0 Å². The first kappa shape index (κ1) is 14.5. The molecule has 1 aromatic rings. The number of rotatable bonds is 3. The predicted molar refractivity (Wildman–Crippen MR) is 82.4 cm³/mol. The third-order valence-corrected chi connectivity index (χ3v) is 6.76. The number of hydrogen-bond donors (Lipinski definition) is 1. The molecule has 0 bridgehead atoms.